The van der Waals surface area contributed by atoms with Crippen molar-refractivity contribution in [2.45, 2.75) is 6.92 Å². The van der Waals surface area contributed by atoms with Gasteiger partial charge in [-0.25, -0.2) is 0 Å². The minimum absolute atomic E-state index is 0.135. The van der Waals surface area contributed by atoms with Crippen molar-refractivity contribution in [3.05, 3.63) is 59.8 Å². The highest BCUT2D eigenvalue weighted by molar-refractivity contribution is 6.18. The van der Waals surface area contributed by atoms with Crippen LogP contribution in [0, 0.1) is 6.92 Å². The summed E-state index contributed by atoms with van der Waals surface area (Å²) in [6.07, 6.45) is 0. The average molecular weight is 390 g/mol. The number of H-pyrrole nitrogens is 1. The molecule has 2 aromatic carbocycles. The highest BCUT2D eigenvalue weighted by Gasteiger charge is 2.10. The number of rotatable bonds is 7. The Bertz CT molecular complexity index is 884. The van der Waals surface area contributed by atoms with Crippen LogP contribution in [0.15, 0.2) is 48.5 Å². The number of aryl methyl sites for hydroxylation is 1. The van der Waals surface area contributed by atoms with Crippen LogP contribution in [0.3, 0.4) is 0 Å². The van der Waals surface area contributed by atoms with E-state index < -0.39 is 0 Å². The molecule has 6 heteroatoms. The second kappa shape index (κ2) is 8.47. The van der Waals surface area contributed by atoms with Gasteiger partial charge in [-0.05, 0) is 55.5 Å². The fourth-order valence-corrected chi connectivity index (χ4v) is 3.36. The maximum absolute atomic E-state index is 12.5. The first-order valence-electron chi connectivity index (χ1n) is 8.48. The van der Waals surface area contributed by atoms with Crippen LogP contribution in [0.5, 0.6) is 0 Å². The lowest BCUT2D eigenvalue weighted by atomic mass is 10.1. The zero-order valence-electron chi connectivity index (χ0n) is 14.6. The summed E-state index contributed by atoms with van der Waals surface area (Å²) in [7, 11) is 0. The zero-order chi connectivity index (χ0) is 18.5. The molecule has 1 amide bonds. The van der Waals surface area contributed by atoms with Crippen molar-refractivity contribution in [2.75, 3.05) is 35.1 Å². The Balaban J connectivity index is 1.72. The predicted molar refractivity (Wildman–Crippen MR) is 111 cm³/mol. The van der Waals surface area contributed by atoms with Crippen molar-refractivity contribution in [3.63, 3.8) is 0 Å². The summed E-state index contributed by atoms with van der Waals surface area (Å²) < 4.78 is 0. The maximum Gasteiger partial charge on any atom is 0.255 e. The molecular weight excluding hydrogens is 369 g/mol. The van der Waals surface area contributed by atoms with E-state index in [1.807, 2.05) is 49.4 Å². The quantitative estimate of drug-likeness (QED) is 0.557. The molecule has 0 unspecified atom stereocenters. The Morgan fingerprint density at radius 3 is 2.38 bits per heavy atom. The third-order valence-electron chi connectivity index (χ3n) is 4.22. The van der Waals surface area contributed by atoms with Gasteiger partial charge >= 0.3 is 0 Å². The molecule has 3 rings (SSSR count). The summed E-state index contributed by atoms with van der Waals surface area (Å²) in [4.78, 5) is 17.9. The van der Waals surface area contributed by atoms with Gasteiger partial charge in [0.2, 0.25) is 0 Å². The number of hydrogen-bond donors (Lipinski definition) is 2. The molecule has 0 aliphatic heterocycles. The number of halogens is 2. The second-order valence-electron chi connectivity index (χ2n) is 6.12. The van der Waals surface area contributed by atoms with Gasteiger partial charge in [0.1, 0.15) is 0 Å². The van der Waals surface area contributed by atoms with Crippen molar-refractivity contribution in [3.8, 4) is 0 Å². The third-order valence-corrected chi connectivity index (χ3v) is 4.55. The Kier molecular flexibility index (Phi) is 6.07. The smallest absolute Gasteiger partial charge is 0.255 e. The molecule has 1 aromatic heterocycles. The van der Waals surface area contributed by atoms with Gasteiger partial charge in [0, 0.05) is 58.4 Å². The predicted octanol–water partition coefficient (Wildman–Crippen LogP) is 5.01. The van der Waals surface area contributed by atoms with Crippen LogP contribution in [0.4, 0.5) is 11.4 Å². The second-order valence-corrected chi connectivity index (χ2v) is 6.88. The van der Waals surface area contributed by atoms with Crippen LogP contribution < -0.4 is 10.2 Å². The molecule has 0 saturated heterocycles. The Morgan fingerprint density at radius 2 is 1.73 bits per heavy atom. The van der Waals surface area contributed by atoms with E-state index in [9.17, 15) is 4.79 Å². The number of benzene rings is 2. The molecule has 1 heterocycles. The van der Waals surface area contributed by atoms with Crippen LogP contribution in [-0.4, -0.2) is 35.7 Å². The summed E-state index contributed by atoms with van der Waals surface area (Å²) in [5, 5.41) is 4.03. The molecule has 0 aliphatic carbocycles. The van der Waals surface area contributed by atoms with E-state index >= 15 is 0 Å². The molecule has 0 atom stereocenters. The SMILES string of the molecule is Cc1cc2cc(NC(=O)c3ccc(N(CCCl)CCCl)cc3)ccc2[nH]1. The first-order valence-corrected chi connectivity index (χ1v) is 9.55. The van der Waals surface area contributed by atoms with Crippen molar-refractivity contribution in [1.29, 1.82) is 0 Å². The number of aromatic nitrogens is 1. The lowest BCUT2D eigenvalue weighted by molar-refractivity contribution is 0.102. The minimum Gasteiger partial charge on any atom is -0.369 e. The van der Waals surface area contributed by atoms with Crippen LogP contribution in [0.1, 0.15) is 16.1 Å². The maximum atomic E-state index is 12.5. The minimum atomic E-state index is -0.135. The van der Waals surface area contributed by atoms with Crippen molar-refractivity contribution in [1.82, 2.24) is 4.98 Å². The van der Waals surface area contributed by atoms with Crippen LogP contribution in [0.25, 0.3) is 10.9 Å². The summed E-state index contributed by atoms with van der Waals surface area (Å²) in [6.45, 7) is 3.45. The average Bonchev–Trinajstić information content (AvgIpc) is 3.01. The number of alkyl halides is 2. The Labute approximate surface area is 163 Å². The Morgan fingerprint density at radius 1 is 1.04 bits per heavy atom. The number of fused-ring (bicyclic) bond motifs is 1. The van der Waals surface area contributed by atoms with E-state index in [0.29, 0.717) is 17.3 Å². The fourth-order valence-electron chi connectivity index (χ4n) is 2.96. The number of aromatic amines is 1. The molecule has 0 saturated carbocycles. The summed E-state index contributed by atoms with van der Waals surface area (Å²) in [5.41, 5.74) is 4.54. The normalized spacial score (nSPS) is 10.9. The monoisotopic (exact) mass is 389 g/mol. The van der Waals surface area contributed by atoms with Crippen molar-refractivity contribution in [2.24, 2.45) is 0 Å². The number of carbonyl (C=O) groups is 1. The summed E-state index contributed by atoms with van der Waals surface area (Å²) >= 11 is 11.7. The topological polar surface area (TPSA) is 48.1 Å². The Hall–Kier alpha value is -2.17. The molecule has 136 valence electrons. The third kappa shape index (κ3) is 4.32. The summed E-state index contributed by atoms with van der Waals surface area (Å²) in [6, 6.07) is 15.4. The van der Waals surface area contributed by atoms with Gasteiger partial charge in [-0.3, -0.25) is 4.79 Å². The van der Waals surface area contributed by atoms with E-state index in [0.717, 1.165) is 41.1 Å². The van der Waals surface area contributed by atoms with E-state index in [-0.39, 0.29) is 5.91 Å². The lowest BCUT2D eigenvalue weighted by Gasteiger charge is -2.22. The van der Waals surface area contributed by atoms with Crippen LogP contribution >= 0.6 is 23.2 Å². The highest BCUT2D eigenvalue weighted by atomic mass is 35.5. The molecule has 0 radical (unpaired) electrons. The summed E-state index contributed by atoms with van der Waals surface area (Å²) in [5.74, 6) is 0.921. The molecule has 3 aromatic rings. The number of anilines is 2. The molecule has 2 N–H and O–H groups in total. The van der Waals surface area contributed by atoms with Gasteiger partial charge in [-0.2, -0.15) is 0 Å². The first kappa shape index (κ1) is 18.6. The molecule has 4 nitrogen and oxygen atoms in total. The van der Waals surface area contributed by atoms with Gasteiger partial charge in [0.05, 0.1) is 0 Å². The molecule has 0 spiro atoms. The van der Waals surface area contributed by atoms with Gasteiger partial charge in [-0.15, -0.1) is 23.2 Å². The lowest BCUT2D eigenvalue weighted by Crippen LogP contribution is -2.27. The van der Waals surface area contributed by atoms with Crippen molar-refractivity contribution >= 4 is 51.4 Å². The van der Waals surface area contributed by atoms with Gasteiger partial charge in [-0.1, -0.05) is 0 Å². The zero-order valence-corrected chi connectivity index (χ0v) is 16.1. The van der Waals surface area contributed by atoms with E-state index in [1.54, 1.807) is 0 Å². The standard InChI is InChI=1S/C20H21Cl2N3O/c1-14-12-16-13-17(4-7-19(16)23-14)24-20(26)15-2-5-18(6-3-15)25(10-8-21)11-9-22/h2-7,12-13,23H,8-11H2,1H3,(H,24,26). The molecule has 26 heavy (non-hydrogen) atoms. The largest absolute Gasteiger partial charge is 0.369 e. The van der Waals surface area contributed by atoms with E-state index in [4.69, 9.17) is 23.2 Å². The van der Waals surface area contributed by atoms with Gasteiger partial charge in [0.15, 0.2) is 0 Å². The molecular formula is C20H21Cl2N3O. The number of nitrogens with zero attached hydrogens (tertiary/aromatic N) is 1. The number of hydrogen-bond acceptors (Lipinski definition) is 2. The molecule has 0 fully saturated rings. The van der Waals surface area contributed by atoms with Gasteiger partial charge in [0.25, 0.3) is 5.91 Å². The number of carbonyl (C=O) groups excluding carboxylic acids is 1. The van der Waals surface area contributed by atoms with Crippen LogP contribution in [0.2, 0.25) is 0 Å². The van der Waals surface area contributed by atoms with E-state index in [1.165, 1.54) is 0 Å². The van der Waals surface area contributed by atoms with Gasteiger partial charge < -0.3 is 15.2 Å². The number of nitrogens with one attached hydrogen (secondary N) is 2. The molecule has 0 aliphatic rings. The van der Waals surface area contributed by atoms with Crippen LogP contribution in [-0.2, 0) is 0 Å². The first-order chi connectivity index (χ1) is 12.6. The number of amides is 1. The highest BCUT2D eigenvalue weighted by Crippen LogP contribution is 2.21. The van der Waals surface area contributed by atoms with Crippen molar-refractivity contribution < 1.29 is 4.79 Å². The fraction of sp³-hybridized carbons (Fsp3) is 0.250. The van der Waals surface area contributed by atoms with E-state index in [2.05, 4.69) is 21.3 Å². The molecule has 0 bridgehead atoms.